The van der Waals surface area contributed by atoms with Crippen molar-refractivity contribution in [3.8, 4) is 0 Å². The van der Waals surface area contributed by atoms with Gasteiger partial charge in [0.2, 0.25) is 4.33 Å². The summed E-state index contributed by atoms with van der Waals surface area (Å²) in [6.07, 6.45) is 2.93. The predicted molar refractivity (Wildman–Crippen MR) is 103 cm³/mol. The van der Waals surface area contributed by atoms with Gasteiger partial charge >= 0.3 is 0 Å². The highest BCUT2D eigenvalue weighted by Gasteiger charge is 2.41. The van der Waals surface area contributed by atoms with E-state index in [0.29, 0.717) is 12.1 Å². The Bertz CT molecular complexity index is 732. The van der Waals surface area contributed by atoms with Crippen molar-refractivity contribution in [3.63, 3.8) is 0 Å². The zero-order valence-corrected chi connectivity index (χ0v) is 15.3. The van der Waals surface area contributed by atoms with Gasteiger partial charge < -0.3 is 4.90 Å². The summed E-state index contributed by atoms with van der Waals surface area (Å²) in [6, 6.07) is 19.0. The largest absolute Gasteiger partial charge is 0.304 e. The Labute approximate surface area is 156 Å². The molecule has 1 aliphatic rings. The van der Waals surface area contributed by atoms with Crippen LogP contribution in [0.4, 0.5) is 0 Å². The van der Waals surface area contributed by atoms with Gasteiger partial charge in [0, 0.05) is 12.3 Å². The van der Waals surface area contributed by atoms with Crippen LogP contribution in [0, 0.1) is 0 Å². The number of halogens is 2. The monoisotopic (exact) mass is 377 g/mol. The number of amides is 1. The van der Waals surface area contributed by atoms with E-state index in [-0.39, 0.29) is 5.91 Å². The Kier molecular flexibility index (Phi) is 5.54. The first kappa shape index (κ1) is 17.4. The number of benzene rings is 2. The topological polar surface area (TPSA) is 20.3 Å². The number of hydrogen-bond acceptors (Lipinski definition) is 2. The van der Waals surface area contributed by atoms with Gasteiger partial charge in [0.05, 0.1) is 5.03 Å². The van der Waals surface area contributed by atoms with Crippen LogP contribution >= 0.6 is 35.0 Å². The van der Waals surface area contributed by atoms with E-state index in [4.69, 9.17) is 23.2 Å². The zero-order chi connectivity index (χ0) is 17.0. The lowest BCUT2D eigenvalue weighted by Gasteiger charge is -2.33. The minimum Gasteiger partial charge on any atom is -0.304 e. The second-order valence-electron chi connectivity index (χ2n) is 5.49. The van der Waals surface area contributed by atoms with Crippen LogP contribution in [0.5, 0.6) is 0 Å². The quantitative estimate of drug-likeness (QED) is 0.678. The molecule has 2 aromatic rings. The third-order valence-electron chi connectivity index (χ3n) is 3.78. The Hall–Kier alpha value is -1.42. The van der Waals surface area contributed by atoms with E-state index >= 15 is 0 Å². The van der Waals surface area contributed by atoms with Crippen LogP contribution in [0.15, 0.2) is 65.7 Å². The van der Waals surface area contributed by atoms with Crippen molar-refractivity contribution < 1.29 is 4.79 Å². The van der Waals surface area contributed by atoms with Gasteiger partial charge in [0.15, 0.2) is 0 Å². The molecule has 1 fully saturated rings. The van der Waals surface area contributed by atoms with E-state index in [9.17, 15) is 4.79 Å². The van der Waals surface area contributed by atoms with Crippen molar-refractivity contribution in [3.05, 3.63) is 76.8 Å². The van der Waals surface area contributed by atoms with E-state index < -0.39 is 4.33 Å². The lowest BCUT2D eigenvalue weighted by atomic mass is 10.1. The molecule has 1 amide bonds. The summed E-state index contributed by atoms with van der Waals surface area (Å²) in [5.41, 5.74) is 1.64. The van der Waals surface area contributed by atoms with Crippen molar-refractivity contribution in [2.45, 2.75) is 10.8 Å². The van der Waals surface area contributed by atoms with Crippen molar-refractivity contribution >= 4 is 46.9 Å². The highest BCUT2D eigenvalue weighted by atomic mass is 35.5. The first-order valence-electron chi connectivity index (χ1n) is 7.74. The first-order chi connectivity index (χ1) is 11.6. The summed E-state index contributed by atoms with van der Waals surface area (Å²) in [6.45, 7) is 0.624. The average molecular weight is 378 g/mol. The predicted octanol–water partition coefficient (Wildman–Crippen LogP) is 5.28. The number of thioether (sulfide) groups is 1. The van der Waals surface area contributed by atoms with Gasteiger partial charge in [0.25, 0.3) is 5.91 Å². The van der Waals surface area contributed by atoms with Gasteiger partial charge in [-0.15, -0.1) is 11.8 Å². The second kappa shape index (κ2) is 7.64. The minimum atomic E-state index is -1.59. The Morgan fingerprint density at radius 3 is 2.33 bits per heavy atom. The number of carbonyl (C=O) groups excluding carboxylic acids is 1. The van der Waals surface area contributed by atoms with Crippen LogP contribution in [0.1, 0.15) is 17.5 Å². The van der Waals surface area contributed by atoms with Crippen LogP contribution in [0.25, 0.3) is 6.08 Å². The van der Waals surface area contributed by atoms with Crippen LogP contribution in [0.3, 0.4) is 0 Å². The van der Waals surface area contributed by atoms with E-state index in [2.05, 4.69) is 0 Å². The molecule has 24 heavy (non-hydrogen) atoms. The molecule has 1 aliphatic heterocycles. The molecule has 124 valence electrons. The SMILES string of the molecule is O=C(N1CCCS/C1=C\c1ccccc1)C(Cl)(Cl)c1ccccc1. The lowest BCUT2D eigenvalue weighted by Crippen LogP contribution is -2.41. The summed E-state index contributed by atoms with van der Waals surface area (Å²) in [4.78, 5) is 14.7. The van der Waals surface area contributed by atoms with Gasteiger partial charge in [-0.05, 0) is 23.6 Å². The summed E-state index contributed by atoms with van der Waals surface area (Å²) in [5, 5.41) is 0.888. The van der Waals surface area contributed by atoms with E-state index in [1.165, 1.54) is 0 Å². The summed E-state index contributed by atoms with van der Waals surface area (Å²) in [7, 11) is 0. The fraction of sp³-hybridized carbons (Fsp3) is 0.211. The summed E-state index contributed by atoms with van der Waals surface area (Å²) in [5.74, 6) is 0.678. The maximum absolute atomic E-state index is 13.0. The fourth-order valence-corrected chi connectivity index (χ4v) is 4.03. The third kappa shape index (κ3) is 3.80. The first-order valence-corrected chi connectivity index (χ1v) is 9.48. The molecule has 1 heterocycles. The number of hydrogen-bond donors (Lipinski definition) is 0. The normalized spacial score (nSPS) is 17.1. The molecule has 0 aromatic heterocycles. The molecule has 5 heteroatoms. The van der Waals surface area contributed by atoms with Gasteiger partial charge in [-0.1, -0.05) is 83.9 Å². The van der Waals surface area contributed by atoms with Crippen molar-refractivity contribution in [1.82, 2.24) is 4.90 Å². The smallest absolute Gasteiger partial charge is 0.268 e. The molecule has 2 aromatic carbocycles. The average Bonchev–Trinajstić information content (AvgIpc) is 2.63. The molecule has 1 saturated heterocycles. The molecular weight excluding hydrogens is 361 g/mol. The number of carbonyl (C=O) groups is 1. The highest BCUT2D eigenvalue weighted by Crippen LogP contribution is 2.39. The maximum atomic E-state index is 13.0. The molecule has 0 atom stereocenters. The molecule has 2 nitrogen and oxygen atoms in total. The summed E-state index contributed by atoms with van der Waals surface area (Å²) >= 11 is 14.6. The van der Waals surface area contributed by atoms with E-state index in [1.54, 1.807) is 28.8 Å². The Morgan fingerprint density at radius 1 is 1.04 bits per heavy atom. The van der Waals surface area contributed by atoms with Gasteiger partial charge in [-0.2, -0.15) is 0 Å². The second-order valence-corrected chi connectivity index (χ2v) is 7.94. The molecule has 0 spiro atoms. The molecule has 0 radical (unpaired) electrons. The highest BCUT2D eigenvalue weighted by molar-refractivity contribution is 8.03. The van der Waals surface area contributed by atoms with Gasteiger partial charge in [-0.3, -0.25) is 4.79 Å². The molecule has 0 bridgehead atoms. The molecule has 0 unspecified atom stereocenters. The van der Waals surface area contributed by atoms with Crippen LogP contribution in [-0.4, -0.2) is 23.1 Å². The zero-order valence-electron chi connectivity index (χ0n) is 13.0. The van der Waals surface area contributed by atoms with Gasteiger partial charge in [0.1, 0.15) is 0 Å². The van der Waals surface area contributed by atoms with E-state index in [1.807, 2.05) is 54.6 Å². The summed E-state index contributed by atoms with van der Waals surface area (Å²) < 4.78 is -1.59. The molecule has 0 aliphatic carbocycles. The van der Waals surface area contributed by atoms with Crippen LogP contribution < -0.4 is 0 Å². The minimum absolute atomic E-state index is 0.300. The third-order valence-corrected chi connectivity index (χ3v) is 5.67. The van der Waals surface area contributed by atoms with Crippen molar-refractivity contribution in [2.75, 3.05) is 12.3 Å². The van der Waals surface area contributed by atoms with Crippen molar-refractivity contribution in [1.29, 1.82) is 0 Å². The number of nitrogens with zero attached hydrogens (tertiary/aromatic N) is 1. The Balaban J connectivity index is 1.90. The standard InChI is InChI=1S/C19H17Cl2NOS/c20-19(21,16-10-5-2-6-11-16)18(23)22-12-7-13-24-17(22)14-15-8-3-1-4-9-15/h1-6,8-11,14H,7,12-13H2/b17-14-. The maximum Gasteiger partial charge on any atom is 0.268 e. The molecule has 0 saturated carbocycles. The number of rotatable bonds is 3. The van der Waals surface area contributed by atoms with E-state index in [0.717, 1.165) is 22.8 Å². The molecule has 3 rings (SSSR count). The van der Waals surface area contributed by atoms with Crippen molar-refractivity contribution in [2.24, 2.45) is 0 Å². The lowest BCUT2D eigenvalue weighted by molar-refractivity contribution is -0.129. The number of alkyl halides is 2. The fourth-order valence-electron chi connectivity index (χ4n) is 2.54. The Morgan fingerprint density at radius 2 is 1.67 bits per heavy atom. The van der Waals surface area contributed by atoms with Crippen LogP contribution in [-0.2, 0) is 9.13 Å². The molecular formula is C19H17Cl2NOS. The van der Waals surface area contributed by atoms with Crippen LogP contribution in [0.2, 0.25) is 0 Å². The van der Waals surface area contributed by atoms with Gasteiger partial charge in [-0.25, -0.2) is 0 Å². The molecule has 0 N–H and O–H groups in total.